The van der Waals surface area contributed by atoms with Crippen molar-refractivity contribution in [2.45, 2.75) is 82.4 Å². The van der Waals surface area contributed by atoms with E-state index in [0.717, 1.165) is 23.2 Å². The number of aliphatic hydroxyl groups is 3. The monoisotopic (exact) mass is 646 g/mol. The van der Waals surface area contributed by atoms with Crippen LogP contribution in [-0.4, -0.2) is 80.6 Å². The van der Waals surface area contributed by atoms with Crippen LogP contribution in [0.15, 0.2) is 67.3 Å². The van der Waals surface area contributed by atoms with Gasteiger partial charge in [0.1, 0.15) is 53.7 Å². The number of anilines is 2. The van der Waals surface area contributed by atoms with Gasteiger partial charge in [0.15, 0.2) is 11.6 Å². The molecule has 250 valence electrons. The van der Waals surface area contributed by atoms with Gasteiger partial charge in [-0.2, -0.15) is 10.2 Å². The van der Waals surface area contributed by atoms with E-state index in [9.17, 15) is 15.3 Å². The summed E-state index contributed by atoms with van der Waals surface area (Å²) in [6, 6.07) is 17.6. The molecule has 0 aliphatic carbocycles. The second-order valence-corrected chi connectivity index (χ2v) is 12.6. The lowest BCUT2D eigenvalue weighted by atomic mass is 9.85. The van der Waals surface area contributed by atoms with Crippen LogP contribution in [0.5, 0.6) is 0 Å². The Morgan fingerprint density at radius 3 is 1.91 bits per heavy atom. The van der Waals surface area contributed by atoms with E-state index >= 15 is 0 Å². The van der Waals surface area contributed by atoms with Crippen molar-refractivity contribution in [1.82, 2.24) is 29.2 Å². The minimum Gasteiger partial charge on any atom is -0.393 e. The molecule has 0 bridgehead atoms. The zero-order valence-electron chi connectivity index (χ0n) is 26.8. The summed E-state index contributed by atoms with van der Waals surface area (Å²) in [4.78, 5) is 7.95. The summed E-state index contributed by atoms with van der Waals surface area (Å²) in [5.74, 6) is 1.01. The third-order valence-corrected chi connectivity index (χ3v) is 9.71. The topological polar surface area (TPSA) is 201 Å². The average Bonchev–Trinajstić information content (AvgIpc) is 3.82. The molecule has 14 nitrogen and oxygen atoms in total. The van der Waals surface area contributed by atoms with Crippen molar-refractivity contribution in [3.05, 3.63) is 84.2 Å². The number of hydrogen-bond donors (Lipinski definition) is 5. The maximum atomic E-state index is 10.2. The van der Waals surface area contributed by atoms with E-state index in [4.69, 9.17) is 25.7 Å². The van der Waals surface area contributed by atoms with Crippen LogP contribution < -0.4 is 11.5 Å². The molecule has 47 heavy (non-hydrogen) atoms. The van der Waals surface area contributed by atoms with Gasteiger partial charge in [-0.25, -0.2) is 19.0 Å². The number of hydrogen-bond acceptors (Lipinski definition) is 12. The molecule has 5 aromatic rings. The third-order valence-electron chi connectivity index (χ3n) is 9.71. The van der Waals surface area contributed by atoms with Crippen molar-refractivity contribution in [3.63, 3.8) is 0 Å². The largest absolute Gasteiger partial charge is 0.393 e. The number of benzene rings is 1. The molecule has 6 heterocycles. The lowest BCUT2D eigenvalue weighted by Crippen LogP contribution is -2.43. The summed E-state index contributed by atoms with van der Waals surface area (Å²) >= 11 is 0. The molecule has 1 unspecified atom stereocenters. The van der Waals surface area contributed by atoms with Crippen LogP contribution in [0, 0.1) is 5.92 Å². The van der Waals surface area contributed by atoms with Crippen molar-refractivity contribution in [1.29, 1.82) is 0 Å². The number of nitrogens with zero attached hydrogens (tertiary/aromatic N) is 6. The molecule has 8 atom stereocenters. The van der Waals surface area contributed by atoms with Crippen LogP contribution in [0.1, 0.15) is 63.3 Å². The van der Waals surface area contributed by atoms with Crippen LogP contribution in [0.2, 0.25) is 0 Å². The summed E-state index contributed by atoms with van der Waals surface area (Å²) in [5.41, 5.74) is 14.3. The van der Waals surface area contributed by atoms with Gasteiger partial charge in [-0.1, -0.05) is 44.2 Å². The molecule has 7 rings (SSSR count). The Morgan fingerprint density at radius 1 is 0.830 bits per heavy atom. The van der Waals surface area contributed by atoms with Crippen molar-refractivity contribution in [3.8, 4) is 0 Å². The second-order valence-electron chi connectivity index (χ2n) is 12.6. The summed E-state index contributed by atoms with van der Waals surface area (Å²) in [5, 5.41) is 38.0. The van der Waals surface area contributed by atoms with Gasteiger partial charge in [-0.05, 0) is 50.1 Å². The average molecular weight is 647 g/mol. The number of aromatic nitrogens is 6. The minimum absolute atomic E-state index is 0.0792. The van der Waals surface area contributed by atoms with Crippen LogP contribution in [0.4, 0.5) is 11.6 Å². The molecular formula is C33H42N8O6. The molecule has 1 aromatic carbocycles. The van der Waals surface area contributed by atoms with Crippen LogP contribution in [-0.2, 0) is 20.8 Å². The van der Waals surface area contributed by atoms with E-state index in [2.05, 4.69) is 53.1 Å². The number of ether oxygens (including phenoxy) is 3. The fourth-order valence-corrected chi connectivity index (χ4v) is 6.41. The van der Waals surface area contributed by atoms with Crippen molar-refractivity contribution >= 4 is 22.7 Å². The molecule has 2 aliphatic heterocycles. The molecular weight excluding hydrogens is 604 g/mol. The van der Waals surface area contributed by atoms with E-state index < -0.39 is 30.5 Å². The predicted octanol–water partition coefficient (Wildman–Crippen LogP) is 2.63. The van der Waals surface area contributed by atoms with Crippen LogP contribution >= 0.6 is 0 Å². The van der Waals surface area contributed by atoms with Crippen LogP contribution in [0.3, 0.4) is 0 Å². The van der Waals surface area contributed by atoms with Crippen LogP contribution in [0.25, 0.3) is 11.0 Å². The summed E-state index contributed by atoms with van der Waals surface area (Å²) in [6.45, 7) is 8.22. The van der Waals surface area contributed by atoms with Gasteiger partial charge < -0.3 is 41.0 Å². The first-order valence-electron chi connectivity index (χ1n) is 15.7. The van der Waals surface area contributed by atoms with Gasteiger partial charge in [-0.3, -0.25) is 0 Å². The Kier molecular flexibility index (Phi) is 8.91. The first kappa shape index (κ1) is 32.7. The standard InChI is InChI=1S/C21H26N4O2.C12H16N4O4/c1-4-21(3)14(2)18(26-12-15-8-6-5-7-9-15)19(27-21)16-10-11-17-20(22)23-13-24-25(16)17;1-12(4-17)10(19)8(18)9(20-12)6-2-3-7-11(13)14-5-15-16(6)7/h5-11,13-14,18-19H,4,12H2,1-3H3,(H2,22,23,24);2-3,5,8-10,17-19H,4H2,1H3,(H2,13,14,15)/t14-,18?,19-,21+;8-,9-,10-,12+/m00/s1. The van der Waals surface area contributed by atoms with Crippen molar-refractivity contribution in [2.24, 2.45) is 5.92 Å². The Hall–Kier alpha value is -4.18. The Labute approximate surface area is 271 Å². The fraction of sp³-hybridized carbons (Fsp3) is 0.455. The van der Waals surface area contributed by atoms with Gasteiger partial charge in [0.05, 0.1) is 36.3 Å². The van der Waals surface area contributed by atoms with Gasteiger partial charge in [0.2, 0.25) is 0 Å². The first-order chi connectivity index (χ1) is 22.5. The molecule has 7 N–H and O–H groups in total. The van der Waals surface area contributed by atoms with E-state index in [0.29, 0.717) is 29.5 Å². The summed E-state index contributed by atoms with van der Waals surface area (Å²) < 4.78 is 21.9. The van der Waals surface area contributed by atoms with E-state index in [1.165, 1.54) is 17.2 Å². The van der Waals surface area contributed by atoms with E-state index in [1.54, 1.807) is 19.1 Å². The summed E-state index contributed by atoms with van der Waals surface area (Å²) in [6.07, 6.45) is 0.228. The number of rotatable bonds is 7. The van der Waals surface area contributed by atoms with Gasteiger partial charge in [0.25, 0.3) is 0 Å². The van der Waals surface area contributed by atoms with Gasteiger partial charge >= 0.3 is 0 Å². The number of nitrogens with two attached hydrogens (primary N) is 2. The third kappa shape index (κ3) is 5.81. The number of aliphatic hydroxyl groups excluding tert-OH is 3. The molecule has 0 saturated carbocycles. The lowest BCUT2D eigenvalue weighted by molar-refractivity contribution is -0.100. The fourth-order valence-electron chi connectivity index (χ4n) is 6.41. The molecule has 2 saturated heterocycles. The highest BCUT2D eigenvalue weighted by molar-refractivity contribution is 5.66. The molecule has 0 amide bonds. The second kappa shape index (κ2) is 12.8. The van der Waals surface area contributed by atoms with E-state index in [1.807, 2.05) is 34.8 Å². The lowest BCUT2D eigenvalue weighted by Gasteiger charge is -2.27. The normalized spacial score (nSPS) is 30.5. The molecule has 4 aromatic heterocycles. The molecule has 2 aliphatic rings. The molecule has 2 fully saturated rings. The highest BCUT2D eigenvalue weighted by Gasteiger charge is 2.52. The van der Waals surface area contributed by atoms with Gasteiger partial charge in [-0.15, -0.1) is 0 Å². The Bertz CT molecular complexity index is 1830. The zero-order chi connectivity index (χ0) is 33.5. The minimum atomic E-state index is -1.22. The molecule has 0 spiro atoms. The SMILES string of the molecule is CC[C@@]1(C)O[C@@H](c2ccc3c(N)ncnn23)C(OCc2ccccc2)[C@@H]1C.C[C@]1(CO)O[C@@H](c2ccc3c(N)ncnn23)[C@H](O)[C@@H]1O. The smallest absolute Gasteiger partial charge is 0.151 e. The number of fused-ring (bicyclic) bond motifs is 2. The van der Waals surface area contributed by atoms with Gasteiger partial charge in [0, 0.05) is 5.92 Å². The predicted molar refractivity (Wildman–Crippen MR) is 173 cm³/mol. The van der Waals surface area contributed by atoms with Crippen molar-refractivity contribution < 1.29 is 29.5 Å². The van der Waals surface area contributed by atoms with Crippen molar-refractivity contribution in [2.75, 3.05) is 18.1 Å². The quantitative estimate of drug-likeness (QED) is 0.173. The highest BCUT2D eigenvalue weighted by atomic mass is 16.6. The zero-order valence-corrected chi connectivity index (χ0v) is 26.8. The molecule has 14 heteroatoms. The Morgan fingerprint density at radius 2 is 1.38 bits per heavy atom. The maximum absolute atomic E-state index is 10.2. The Balaban J connectivity index is 0.000000172. The van der Waals surface area contributed by atoms with E-state index in [-0.39, 0.29) is 23.7 Å². The highest BCUT2D eigenvalue weighted by Crippen LogP contribution is 2.47. The summed E-state index contributed by atoms with van der Waals surface area (Å²) in [7, 11) is 0. The first-order valence-corrected chi connectivity index (χ1v) is 15.7. The molecule has 0 radical (unpaired) electrons. The maximum Gasteiger partial charge on any atom is 0.151 e. The number of nitrogen functional groups attached to an aromatic ring is 2.